The largest absolute Gasteiger partial charge is 0.489 e. The molecule has 1 aliphatic heterocycles. The molecule has 0 unspecified atom stereocenters. The van der Waals surface area contributed by atoms with Crippen LogP contribution >= 0.6 is 11.6 Å². The van der Waals surface area contributed by atoms with Gasteiger partial charge in [-0.3, -0.25) is 14.9 Å². The van der Waals surface area contributed by atoms with Gasteiger partial charge in [-0.15, -0.1) is 0 Å². The summed E-state index contributed by atoms with van der Waals surface area (Å²) in [6.07, 6.45) is 1.44. The molecule has 1 heterocycles. The Morgan fingerprint density at radius 2 is 1.33 bits per heavy atom. The van der Waals surface area contributed by atoms with E-state index in [1.807, 2.05) is 48.5 Å². The van der Waals surface area contributed by atoms with Gasteiger partial charge in [0.2, 0.25) is 0 Å². The lowest BCUT2D eigenvalue weighted by atomic mass is 10.1. The van der Waals surface area contributed by atoms with Crippen LogP contribution in [-0.2, 0) is 22.8 Å². The first kappa shape index (κ1) is 25.8. The molecule has 1 N–H and O–H groups in total. The third-order valence-electron chi connectivity index (χ3n) is 5.99. The lowest BCUT2D eigenvalue weighted by molar-refractivity contribution is -0.122. The number of carbonyl (C=O) groups is 3. The van der Waals surface area contributed by atoms with Crippen LogP contribution in [0.4, 0.5) is 10.5 Å². The Labute approximate surface area is 230 Å². The van der Waals surface area contributed by atoms with Crippen LogP contribution < -0.4 is 19.7 Å². The zero-order chi connectivity index (χ0) is 27.2. The summed E-state index contributed by atoms with van der Waals surface area (Å²) in [5.41, 5.74) is 2.62. The SMILES string of the molecule is O=C1NC(=O)N(c2ccc(OCc3ccccc3Cl)cc2)C(=O)/C1=C/c1ccc(OCc2ccccc2)cc1. The summed E-state index contributed by atoms with van der Waals surface area (Å²) in [6.45, 7) is 0.683. The fourth-order valence-corrected chi connectivity index (χ4v) is 4.12. The van der Waals surface area contributed by atoms with Gasteiger partial charge in [0.15, 0.2) is 0 Å². The molecule has 5 rings (SSSR count). The van der Waals surface area contributed by atoms with Crippen LogP contribution in [-0.4, -0.2) is 17.8 Å². The van der Waals surface area contributed by atoms with Crippen molar-refractivity contribution in [1.82, 2.24) is 5.32 Å². The van der Waals surface area contributed by atoms with Gasteiger partial charge in [0, 0.05) is 10.6 Å². The number of carbonyl (C=O) groups excluding carboxylic acids is 3. The van der Waals surface area contributed by atoms with Crippen LogP contribution in [0.5, 0.6) is 11.5 Å². The molecule has 7 nitrogen and oxygen atoms in total. The first-order chi connectivity index (χ1) is 19.0. The van der Waals surface area contributed by atoms with E-state index in [2.05, 4.69) is 5.32 Å². The van der Waals surface area contributed by atoms with Crippen molar-refractivity contribution in [2.75, 3.05) is 4.90 Å². The summed E-state index contributed by atoms with van der Waals surface area (Å²) in [5.74, 6) is -0.303. The first-order valence-electron chi connectivity index (χ1n) is 12.1. The molecule has 0 atom stereocenters. The molecule has 0 spiro atoms. The second kappa shape index (κ2) is 11.7. The van der Waals surface area contributed by atoms with Crippen molar-refractivity contribution >= 4 is 41.2 Å². The minimum atomic E-state index is -0.823. The zero-order valence-corrected chi connectivity index (χ0v) is 21.4. The number of ether oxygens (including phenoxy) is 2. The molecule has 39 heavy (non-hydrogen) atoms. The van der Waals surface area contributed by atoms with Crippen LogP contribution in [0, 0.1) is 0 Å². The van der Waals surface area contributed by atoms with E-state index >= 15 is 0 Å². The average molecular weight is 539 g/mol. The van der Waals surface area contributed by atoms with Crippen LogP contribution in [0.2, 0.25) is 5.02 Å². The highest BCUT2D eigenvalue weighted by atomic mass is 35.5. The number of imide groups is 2. The Morgan fingerprint density at radius 1 is 0.718 bits per heavy atom. The molecule has 4 aromatic rings. The predicted octanol–water partition coefficient (Wildman–Crippen LogP) is 6.16. The number of hydrogen-bond acceptors (Lipinski definition) is 5. The van der Waals surface area contributed by atoms with E-state index in [0.29, 0.717) is 34.4 Å². The summed E-state index contributed by atoms with van der Waals surface area (Å²) in [7, 11) is 0. The number of nitrogens with zero attached hydrogens (tertiary/aromatic N) is 1. The Balaban J connectivity index is 1.27. The van der Waals surface area contributed by atoms with Crippen LogP contribution in [0.25, 0.3) is 6.08 Å². The fourth-order valence-electron chi connectivity index (χ4n) is 3.93. The number of nitrogens with one attached hydrogen (secondary N) is 1. The lowest BCUT2D eigenvalue weighted by Crippen LogP contribution is -2.54. The Bertz CT molecular complexity index is 1530. The van der Waals surface area contributed by atoms with E-state index in [1.54, 1.807) is 54.6 Å². The topological polar surface area (TPSA) is 84.9 Å². The fraction of sp³-hybridized carbons (Fsp3) is 0.0645. The summed E-state index contributed by atoms with van der Waals surface area (Å²) in [6, 6.07) is 29.7. The number of benzene rings is 4. The molecule has 1 fully saturated rings. The maximum Gasteiger partial charge on any atom is 0.335 e. The molecule has 194 valence electrons. The van der Waals surface area contributed by atoms with E-state index in [0.717, 1.165) is 16.0 Å². The molecule has 1 aliphatic rings. The normalized spacial score (nSPS) is 14.3. The molecule has 0 saturated carbocycles. The number of halogens is 1. The number of hydrogen-bond donors (Lipinski definition) is 1. The zero-order valence-electron chi connectivity index (χ0n) is 20.7. The van der Waals surface area contributed by atoms with Crippen molar-refractivity contribution in [3.63, 3.8) is 0 Å². The lowest BCUT2D eigenvalue weighted by Gasteiger charge is -2.26. The van der Waals surface area contributed by atoms with Crippen molar-refractivity contribution in [3.05, 3.63) is 130 Å². The summed E-state index contributed by atoms with van der Waals surface area (Å²) in [5, 5.41) is 2.83. The quantitative estimate of drug-likeness (QED) is 0.214. The van der Waals surface area contributed by atoms with Crippen molar-refractivity contribution in [1.29, 1.82) is 0 Å². The smallest absolute Gasteiger partial charge is 0.335 e. The second-order valence-electron chi connectivity index (χ2n) is 8.68. The van der Waals surface area contributed by atoms with Gasteiger partial charge in [-0.25, -0.2) is 9.69 Å². The third kappa shape index (κ3) is 6.17. The molecule has 1 saturated heterocycles. The number of anilines is 1. The van der Waals surface area contributed by atoms with Crippen LogP contribution in [0.15, 0.2) is 109 Å². The maximum atomic E-state index is 13.2. The average Bonchev–Trinajstić information content (AvgIpc) is 2.95. The predicted molar refractivity (Wildman–Crippen MR) is 148 cm³/mol. The van der Waals surface area contributed by atoms with Gasteiger partial charge in [-0.2, -0.15) is 0 Å². The molecule has 4 amide bonds. The first-order valence-corrected chi connectivity index (χ1v) is 12.5. The molecule has 0 aliphatic carbocycles. The van der Waals surface area contributed by atoms with Gasteiger partial charge in [0.05, 0.1) is 5.69 Å². The second-order valence-corrected chi connectivity index (χ2v) is 9.08. The Morgan fingerprint density at radius 3 is 2.03 bits per heavy atom. The van der Waals surface area contributed by atoms with Crippen LogP contribution in [0.3, 0.4) is 0 Å². The van der Waals surface area contributed by atoms with E-state index in [9.17, 15) is 14.4 Å². The minimum absolute atomic E-state index is 0.161. The van der Waals surface area contributed by atoms with E-state index in [1.165, 1.54) is 6.08 Å². The Hall–Kier alpha value is -4.88. The molecular formula is C31H23ClN2O5. The molecule has 0 radical (unpaired) electrons. The van der Waals surface area contributed by atoms with Crippen molar-refractivity contribution in [2.24, 2.45) is 0 Å². The number of barbiturate groups is 1. The summed E-state index contributed by atoms with van der Waals surface area (Å²) >= 11 is 6.17. The van der Waals surface area contributed by atoms with E-state index < -0.39 is 17.8 Å². The highest BCUT2D eigenvalue weighted by Crippen LogP contribution is 2.26. The highest BCUT2D eigenvalue weighted by Gasteiger charge is 2.36. The minimum Gasteiger partial charge on any atom is -0.489 e. The van der Waals surface area contributed by atoms with Crippen LogP contribution in [0.1, 0.15) is 16.7 Å². The van der Waals surface area contributed by atoms with Crippen molar-refractivity contribution in [3.8, 4) is 11.5 Å². The molecule has 0 bridgehead atoms. The van der Waals surface area contributed by atoms with Gasteiger partial charge >= 0.3 is 6.03 Å². The number of rotatable bonds is 8. The molecule has 4 aromatic carbocycles. The standard InChI is InChI=1S/C31H23ClN2O5/c32-28-9-5-4-8-23(28)20-39-26-16-12-24(13-17-26)34-30(36)27(29(35)33-31(34)37)18-21-10-14-25(15-11-21)38-19-22-6-2-1-3-7-22/h1-18H,19-20H2,(H,33,35,37)/b27-18+. The molecular weight excluding hydrogens is 516 g/mol. The summed E-state index contributed by atoms with van der Waals surface area (Å²) < 4.78 is 11.6. The number of urea groups is 1. The van der Waals surface area contributed by atoms with Gasteiger partial charge in [-0.05, 0) is 59.7 Å². The van der Waals surface area contributed by atoms with Gasteiger partial charge in [-0.1, -0.05) is 72.3 Å². The van der Waals surface area contributed by atoms with Gasteiger partial charge < -0.3 is 9.47 Å². The third-order valence-corrected chi connectivity index (χ3v) is 6.36. The monoisotopic (exact) mass is 538 g/mol. The van der Waals surface area contributed by atoms with Crippen molar-refractivity contribution < 1.29 is 23.9 Å². The summed E-state index contributed by atoms with van der Waals surface area (Å²) in [4.78, 5) is 39.2. The number of amides is 4. The van der Waals surface area contributed by atoms with Crippen molar-refractivity contribution in [2.45, 2.75) is 13.2 Å². The van der Waals surface area contributed by atoms with E-state index in [-0.39, 0.29) is 12.2 Å². The van der Waals surface area contributed by atoms with Gasteiger partial charge in [0.25, 0.3) is 11.8 Å². The van der Waals surface area contributed by atoms with E-state index in [4.69, 9.17) is 21.1 Å². The molecule has 8 heteroatoms. The Kier molecular flexibility index (Phi) is 7.70. The van der Waals surface area contributed by atoms with Gasteiger partial charge in [0.1, 0.15) is 30.3 Å². The maximum absolute atomic E-state index is 13.2. The molecule has 0 aromatic heterocycles. The highest BCUT2D eigenvalue weighted by molar-refractivity contribution is 6.39.